The number of anilines is 1. The first kappa shape index (κ1) is 20.0. The predicted molar refractivity (Wildman–Crippen MR) is 118 cm³/mol. The van der Waals surface area contributed by atoms with Crippen molar-refractivity contribution in [2.75, 3.05) is 5.32 Å². The van der Waals surface area contributed by atoms with E-state index in [1.54, 1.807) is 25.1 Å². The fourth-order valence-electron chi connectivity index (χ4n) is 3.44. The van der Waals surface area contributed by atoms with Gasteiger partial charge in [0.25, 0.3) is 11.5 Å². The molecule has 0 aliphatic rings. The molecular formula is C23H20FN3O2S. The summed E-state index contributed by atoms with van der Waals surface area (Å²) >= 11 is 1.17. The van der Waals surface area contributed by atoms with Crippen LogP contribution >= 0.6 is 11.3 Å². The quantitative estimate of drug-likeness (QED) is 0.493. The molecule has 0 saturated carbocycles. The lowest BCUT2D eigenvalue weighted by molar-refractivity contribution is 0.103. The van der Waals surface area contributed by atoms with Gasteiger partial charge in [-0.3, -0.25) is 9.59 Å². The maximum Gasteiger partial charge on any atom is 0.266 e. The molecule has 4 rings (SSSR count). The Hall–Kier alpha value is -3.32. The normalized spacial score (nSPS) is 11.1. The van der Waals surface area contributed by atoms with Crippen LogP contribution in [0.4, 0.5) is 10.1 Å². The number of hydrogen-bond acceptors (Lipinski definition) is 4. The van der Waals surface area contributed by atoms with Gasteiger partial charge in [-0.15, -0.1) is 11.3 Å². The molecule has 0 fully saturated rings. The van der Waals surface area contributed by atoms with Crippen molar-refractivity contribution < 1.29 is 9.18 Å². The summed E-state index contributed by atoms with van der Waals surface area (Å²) in [6.45, 7) is 5.66. The van der Waals surface area contributed by atoms with E-state index in [-0.39, 0.29) is 23.7 Å². The summed E-state index contributed by atoms with van der Waals surface area (Å²) in [4.78, 5) is 33.7. The number of benzene rings is 2. The second-order valence-corrected chi connectivity index (χ2v) is 8.29. The molecule has 0 saturated heterocycles. The monoisotopic (exact) mass is 421 g/mol. The van der Waals surface area contributed by atoms with Gasteiger partial charge in [0, 0.05) is 12.1 Å². The van der Waals surface area contributed by atoms with Crippen LogP contribution in [0.15, 0.2) is 47.3 Å². The lowest BCUT2D eigenvalue weighted by Crippen LogP contribution is -2.14. The average Bonchev–Trinajstić information content (AvgIpc) is 3.03. The highest BCUT2D eigenvalue weighted by Crippen LogP contribution is 2.28. The Morgan fingerprint density at radius 1 is 1.17 bits per heavy atom. The lowest BCUT2D eigenvalue weighted by atomic mass is 10.1. The predicted octanol–water partition coefficient (Wildman–Crippen LogP) is 4.89. The van der Waals surface area contributed by atoms with Gasteiger partial charge in [-0.05, 0) is 49.6 Å². The molecule has 0 atom stereocenters. The van der Waals surface area contributed by atoms with E-state index >= 15 is 0 Å². The second-order valence-electron chi connectivity index (χ2n) is 7.29. The van der Waals surface area contributed by atoms with E-state index in [4.69, 9.17) is 0 Å². The van der Waals surface area contributed by atoms with Crippen LogP contribution < -0.4 is 10.9 Å². The third-order valence-corrected chi connectivity index (χ3v) is 6.19. The van der Waals surface area contributed by atoms with Crippen LogP contribution in [0.25, 0.3) is 10.2 Å². The maximum atomic E-state index is 14.0. The Morgan fingerprint density at radius 2 is 1.93 bits per heavy atom. The number of hydrogen-bond donors (Lipinski definition) is 2. The molecule has 7 heteroatoms. The van der Waals surface area contributed by atoms with Crippen molar-refractivity contribution >= 4 is 33.1 Å². The highest BCUT2D eigenvalue weighted by molar-refractivity contribution is 7.20. The number of carbonyl (C=O) groups excluding carboxylic acids is 1. The number of carbonyl (C=O) groups is 1. The van der Waals surface area contributed by atoms with Gasteiger partial charge in [0.05, 0.1) is 10.3 Å². The Morgan fingerprint density at radius 3 is 2.67 bits per heavy atom. The van der Waals surface area contributed by atoms with Crippen LogP contribution in [-0.2, 0) is 6.42 Å². The highest BCUT2D eigenvalue weighted by atomic mass is 32.1. The van der Waals surface area contributed by atoms with Crippen LogP contribution in [0.2, 0.25) is 0 Å². The smallest absolute Gasteiger partial charge is 0.266 e. The molecule has 2 aromatic heterocycles. The first-order valence-electron chi connectivity index (χ1n) is 9.48. The second kappa shape index (κ2) is 7.84. The van der Waals surface area contributed by atoms with Crippen molar-refractivity contribution in [3.05, 3.63) is 91.6 Å². The number of H-pyrrole nitrogens is 1. The SMILES string of the molecule is Cc1ccc(NC(=O)c2sc3nc(Cc4ccccc4F)[nH]c(=O)c3c2C)c(C)c1. The van der Waals surface area contributed by atoms with Crippen molar-refractivity contribution in [1.29, 1.82) is 0 Å². The van der Waals surface area contributed by atoms with E-state index in [1.165, 1.54) is 17.4 Å². The maximum absolute atomic E-state index is 14.0. The van der Waals surface area contributed by atoms with Gasteiger partial charge in [0.2, 0.25) is 0 Å². The van der Waals surface area contributed by atoms with Gasteiger partial charge in [-0.1, -0.05) is 35.9 Å². The molecule has 0 radical (unpaired) electrons. The summed E-state index contributed by atoms with van der Waals surface area (Å²) in [5, 5.41) is 3.31. The molecule has 4 aromatic rings. The third kappa shape index (κ3) is 3.76. The van der Waals surface area contributed by atoms with Crippen molar-refractivity contribution in [2.24, 2.45) is 0 Å². The number of rotatable bonds is 4. The third-order valence-electron chi connectivity index (χ3n) is 5.00. The fraction of sp³-hybridized carbons (Fsp3) is 0.174. The summed E-state index contributed by atoms with van der Waals surface area (Å²) in [6, 6.07) is 12.2. The molecule has 0 unspecified atom stereocenters. The number of fused-ring (bicyclic) bond motifs is 1. The molecule has 0 aliphatic heterocycles. The first-order chi connectivity index (χ1) is 14.3. The van der Waals surface area contributed by atoms with Gasteiger partial charge >= 0.3 is 0 Å². The lowest BCUT2D eigenvalue weighted by Gasteiger charge is -2.08. The standard InChI is InChI=1S/C23H20FN3O2S/c1-12-8-9-17(13(2)10-12)25-22(29)20-14(3)19-21(28)26-18(27-23(19)30-20)11-15-6-4-5-7-16(15)24/h4-10H,11H2,1-3H3,(H,25,29)(H,26,27,28). The summed E-state index contributed by atoms with van der Waals surface area (Å²) in [5.74, 6) is -0.270. The zero-order chi connectivity index (χ0) is 21.4. The summed E-state index contributed by atoms with van der Waals surface area (Å²) in [5.41, 5.74) is 3.51. The van der Waals surface area contributed by atoms with E-state index in [0.29, 0.717) is 32.0 Å². The zero-order valence-corrected chi connectivity index (χ0v) is 17.6. The summed E-state index contributed by atoms with van der Waals surface area (Å²) < 4.78 is 14.0. The molecule has 2 N–H and O–H groups in total. The van der Waals surface area contributed by atoms with E-state index in [0.717, 1.165) is 16.8 Å². The van der Waals surface area contributed by atoms with Crippen LogP contribution in [0, 0.1) is 26.6 Å². The van der Waals surface area contributed by atoms with Crippen molar-refractivity contribution in [1.82, 2.24) is 9.97 Å². The molecule has 2 heterocycles. The number of nitrogens with one attached hydrogen (secondary N) is 2. The molecule has 30 heavy (non-hydrogen) atoms. The minimum atomic E-state index is -0.351. The number of aromatic amines is 1. The molecule has 152 valence electrons. The molecule has 2 aromatic carbocycles. The summed E-state index contributed by atoms with van der Waals surface area (Å²) in [6.07, 6.45) is 0.166. The van der Waals surface area contributed by atoms with E-state index in [1.807, 2.05) is 32.0 Å². The van der Waals surface area contributed by atoms with E-state index in [9.17, 15) is 14.0 Å². The largest absolute Gasteiger partial charge is 0.321 e. The van der Waals surface area contributed by atoms with E-state index < -0.39 is 0 Å². The highest BCUT2D eigenvalue weighted by Gasteiger charge is 2.20. The van der Waals surface area contributed by atoms with Gasteiger partial charge in [0.1, 0.15) is 16.5 Å². The number of halogens is 1. The molecule has 1 amide bonds. The average molecular weight is 421 g/mol. The topological polar surface area (TPSA) is 74.8 Å². The van der Waals surface area contributed by atoms with E-state index in [2.05, 4.69) is 15.3 Å². The first-order valence-corrected chi connectivity index (χ1v) is 10.3. The van der Waals surface area contributed by atoms with Crippen LogP contribution in [0.1, 0.15) is 37.7 Å². The number of nitrogens with zero attached hydrogens (tertiary/aromatic N) is 1. The van der Waals surface area contributed by atoms with Crippen molar-refractivity contribution in [3.8, 4) is 0 Å². The Labute approximate surface area is 176 Å². The minimum Gasteiger partial charge on any atom is -0.321 e. The van der Waals surface area contributed by atoms with Gasteiger partial charge in [-0.25, -0.2) is 9.37 Å². The molecule has 5 nitrogen and oxygen atoms in total. The Bertz CT molecular complexity index is 1340. The molecule has 0 aliphatic carbocycles. The number of aryl methyl sites for hydroxylation is 3. The van der Waals surface area contributed by atoms with Gasteiger partial charge < -0.3 is 10.3 Å². The van der Waals surface area contributed by atoms with Crippen LogP contribution in [0.5, 0.6) is 0 Å². The van der Waals surface area contributed by atoms with Crippen LogP contribution in [0.3, 0.4) is 0 Å². The molecule has 0 bridgehead atoms. The Balaban J connectivity index is 1.69. The van der Waals surface area contributed by atoms with Crippen molar-refractivity contribution in [3.63, 3.8) is 0 Å². The fourth-order valence-corrected chi connectivity index (χ4v) is 4.54. The molecule has 0 spiro atoms. The molecular weight excluding hydrogens is 401 g/mol. The van der Waals surface area contributed by atoms with Gasteiger partial charge in [-0.2, -0.15) is 0 Å². The summed E-state index contributed by atoms with van der Waals surface area (Å²) in [7, 11) is 0. The van der Waals surface area contributed by atoms with Gasteiger partial charge in [0.15, 0.2) is 0 Å². The van der Waals surface area contributed by atoms with Crippen molar-refractivity contribution in [2.45, 2.75) is 27.2 Å². The number of aromatic nitrogens is 2. The minimum absolute atomic E-state index is 0.166. The zero-order valence-electron chi connectivity index (χ0n) is 16.8. The Kier molecular flexibility index (Phi) is 5.22. The van der Waals surface area contributed by atoms with Crippen LogP contribution in [-0.4, -0.2) is 15.9 Å². The number of amides is 1. The number of thiophene rings is 1.